The van der Waals surface area contributed by atoms with E-state index in [9.17, 15) is 4.79 Å². The van der Waals surface area contributed by atoms with Crippen LogP contribution in [-0.2, 0) is 5.75 Å². The van der Waals surface area contributed by atoms with Gasteiger partial charge < -0.3 is 4.74 Å². The first-order valence-electron chi connectivity index (χ1n) is 8.36. The average Bonchev–Trinajstić information content (AvgIpc) is 3.12. The second-order valence-corrected chi connectivity index (χ2v) is 7.90. The van der Waals surface area contributed by atoms with E-state index in [0.717, 1.165) is 22.1 Å². The monoisotopic (exact) mass is 395 g/mol. The zero-order chi connectivity index (χ0) is 18.8. The van der Waals surface area contributed by atoms with Crippen molar-refractivity contribution >= 4 is 34.0 Å². The number of rotatable bonds is 5. The van der Waals surface area contributed by atoms with Crippen molar-refractivity contribution in [3.05, 3.63) is 75.0 Å². The van der Waals surface area contributed by atoms with E-state index in [2.05, 4.69) is 4.98 Å². The summed E-state index contributed by atoms with van der Waals surface area (Å²) in [7, 11) is 1.62. The van der Waals surface area contributed by atoms with Gasteiger partial charge in [0.05, 0.1) is 34.4 Å². The summed E-state index contributed by atoms with van der Waals surface area (Å²) in [6, 6.07) is 14.8. The predicted octanol–water partition coefficient (Wildman–Crippen LogP) is 4.45. The van der Waals surface area contributed by atoms with Crippen LogP contribution in [0.4, 0.5) is 0 Å². The van der Waals surface area contributed by atoms with Crippen molar-refractivity contribution in [3.8, 4) is 11.4 Å². The number of aryl methyl sites for hydroxylation is 1. The number of ether oxygens (including phenoxy) is 1. The van der Waals surface area contributed by atoms with E-state index >= 15 is 0 Å². The Labute approximate surface area is 164 Å². The molecule has 7 heteroatoms. The van der Waals surface area contributed by atoms with Crippen LogP contribution >= 0.6 is 23.1 Å². The Morgan fingerprint density at radius 2 is 1.89 bits per heavy atom. The average molecular weight is 396 g/mol. The van der Waals surface area contributed by atoms with Crippen molar-refractivity contribution in [1.29, 1.82) is 0 Å². The molecule has 0 bridgehead atoms. The molecule has 0 amide bonds. The SMILES string of the molecule is COc1ccc(-n2c(SCc3csc(C)n3)nc3ccccc3c2=O)cc1. The Morgan fingerprint density at radius 1 is 1.11 bits per heavy atom. The lowest BCUT2D eigenvalue weighted by Crippen LogP contribution is -2.21. The van der Waals surface area contributed by atoms with Crippen LogP contribution in [0.5, 0.6) is 5.75 Å². The Balaban J connectivity index is 1.82. The summed E-state index contributed by atoms with van der Waals surface area (Å²) in [6.07, 6.45) is 0. The number of aromatic nitrogens is 3. The zero-order valence-electron chi connectivity index (χ0n) is 14.9. The van der Waals surface area contributed by atoms with Crippen LogP contribution in [0.1, 0.15) is 10.7 Å². The van der Waals surface area contributed by atoms with Crippen molar-refractivity contribution in [2.75, 3.05) is 7.11 Å². The van der Waals surface area contributed by atoms with Gasteiger partial charge in [0.15, 0.2) is 5.16 Å². The smallest absolute Gasteiger partial charge is 0.266 e. The lowest BCUT2D eigenvalue weighted by Gasteiger charge is -2.13. The number of hydrogen-bond donors (Lipinski definition) is 0. The Morgan fingerprint density at radius 3 is 2.59 bits per heavy atom. The van der Waals surface area contributed by atoms with Crippen molar-refractivity contribution in [1.82, 2.24) is 14.5 Å². The molecule has 0 radical (unpaired) electrons. The summed E-state index contributed by atoms with van der Waals surface area (Å²) in [5.74, 6) is 1.40. The van der Waals surface area contributed by atoms with Gasteiger partial charge in [-0.2, -0.15) is 0 Å². The highest BCUT2D eigenvalue weighted by atomic mass is 32.2. The molecule has 27 heavy (non-hydrogen) atoms. The Bertz CT molecular complexity index is 1150. The molecule has 0 saturated heterocycles. The van der Waals surface area contributed by atoms with E-state index in [-0.39, 0.29) is 5.56 Å². The van der Waals surface area contributed by atoms with Crippen molar-refractivity contribution in [2.45, 2.75) is 17.8 Å². The summed E-state index contributed by atoms with van der Waals surface area (Å²) < 4.78 is 6.89. The fourth-order valence-electron chi connectivity index (χ4n) is 2.78. The van der Waals surface area contributed by atoms with Crippen molar-refractivity contribution in [3.63, 3.8) is 0 Å². The molecule has 0 spiro atoms. The third-order valence-electron chi connectivity index (χ3n) is 4.09. The highest BCUT2D eigenvalue weighted by Gasteiger charge is 2.14. The summed E-state index contributed by atoms with van der Waals surface area (Å²) in [5, 5.41) is 4.32. The van der Waals surface area contributed by atoms with Gasteiger partial charge in [-0.05, 0) is 43.3 Å². The normalized spacial score (nSPS) is 11.0. The van der Waals surface area contributed by atoms with Crippen LogP contribution in [0.3, 0.4) is 0 Å². The molecule has 5 nitrogen and oxygen atoms in total. The number of para-hydroxylation sites is 1. The number of methoxy groups -OCH3 is 1. The fraction of sp³-hybridized carbons (Fsp3) is 0.150. The molecular formula is C20H17N3O2S2. The Kier molecular flexibility index (Phi) is 4.96. The van der Waals surface area contributed by atoms with Gasteiger partial charge in [0.1, 0.15) is 5.75 Å². The lowest BCUT2D eigenvalue weighted by molar-refractivity contribution is 0.414. The molecule has 0 aliphatic carbocycles. The molecule has 0 unspecified atom stereocenters. The molecule has 4 aromatic rings. The van der Waals surface area contributed by atoms with E-state index < -0.39 is 0 Å². The van der Waals surface area contributed by atoms with Gasteiger partial charge in [-0.15, -0.1) is 11.3 Å². The van der Waals surface area contributed by atoms with E-state index in [1.165, 1.54) is 11.8 Å². The van der Waals surface area contributed by atoms with Gasteiger partial charge in [0.25, 0.3) is 5.56 Å². The number of hydrogen-bond acceptors (Lipinski definition) is 6. The molecule has 0 aliphatic heterocycles. The molecule has 2 heterocycles. The molecule has 0 N–H and O–H groups in total. The second kappa shape index (κ2) is 7.54. The van der Waals surface area contributed by atoms with Gasteiger partial charge in [-0.1, -0.05) is 23.9 Å². The number of nitrogens with zero attached hydrogens (tertiary/aromatic N) is 3. The second-order valence-electron chi connectivity index (χ2n) is 5.90. The van der Waals surface area contributed by atoms with Crippen molar-refractivity contribution < 1.29 is 4.74 Å². The van der Waals surface area contributed by atoms with Crippen LogP contribution in [0.25, 0.3) is 16.6 Å². The van der Waals surface area contributed by atoms with Gasteiger partial charge in [0, 0.05) is 11.1 Å². The molecule has 0 atom stereocenters. The largest absolute Gasteiger partial charge is 0.497 e. The number of benzene rings is 2. The van der Waals surface area contributed by atoms with E-state index in [0.29, 0.717) is 21.8 Å². The first kappa shape index (κ1) is 17.8. The highest BCUT2D eigenvalue weighted by molar-refractivity contribution is 7.98. The first-order valence-corrected chi connectivity index (χ1v) is 10.2. The molecule has 4 rings (SSSR count). The maximum absolute atomic E-state index is 13.2. The minimum absolute atomic E-state index is 0.0808. The van der Waals surface area contributed by atoms with Crippen LogP contribution in [-0.4, -0.2) is 21.6 Å². The molecule has 0 fully saturated rings. The maximum Gasteiger partial charge on any atom is 0.266 e. The molecular weight excluding hydrogens is 378 g/mol. The van der Waals surface area contributed by atoms with Gasteiger partial charge >= 0.3 is 0 Å². The summed E-state index contributed by atoms with van der Waals surface area (Å²) in [4.78, 5) is 22.4. The van der Waals surface area contributed by atoms with Gasteiger partial charge in [0.2, 0.25) is 0 Å². The number of fused-ring (bicyclic) bond motifs is 1. The molecule has 2 aromatic carbocycles. The highest BCUT2D eigenvalue weighted by Crippen LogP contribution is 2.26. The van der Waals surface area contributed by atoms with E-state index in [4.69, 9.17) is 9.72 Å². The van der Waals surface area contributed by atoms with Crippen molar-refractivity contribution in [2.24, 2.45) is 0 Å². The van der Waals surface area contributed by atoms with Crippen LogP contribution < -0.4 is 10.3 Å². The quantitative estimate of drug-likeness (QED) is 0.369. The standard InChI is InChI=1S/C20H17N3O2S2/c1-13-21-14(11-26-13)12-27-20-22-18-6-4-3-5-17(18)19(24)23(20)15-7-9-16(25-2)10-8-15/h3-11H,12H2,1-2H3. The molecule has 2 aromatic heterocycles. The first-order chi connectivity index (χ1) is 13.2. The lowest BCUT2D eigenvalue weighted by atomic mass is 10.2. The maximum atomic E-state index is 13.2. The molecule has 0 saturated carbocycles. The fourth-order valence-corrected chi connectivity index (χ4v) is 4.40. The minimum Gasteiger partial charge on any atom is -0.497 e. The summed E-state index contributed by atoms with van der Waals surface area (Å²) in [6.45, 7) is 1.99. The molecule has 0 aliphatic rings. The summed E-state index contributed by atoms with van der Waals surface area (Å²) >= 11 is 3.13. The minimum atomic E-state index is -0.0808. The molecule has 136 valence electrons. The van der Waals surface area contributed by atoms with E-state index in [1.54, 1.807) is 23.0 Å². The third kappa shape index (κ3) is 3.61. The number of thiazole rings is 1. The predicted molar refractivity (Wildman–Crippen MR) is 110 cm³/mol. The van der Waals surface area contributed by atoms with Crippen LogP contribution in [0.2, 0.25) is 0 Å². The third-order valence-corrected chi connectivity index (χ3v) is 5.89. The Hall–Kier alpha value is -2.64. The van der Waals surface area contributed by atoms with Crippen LogP contribution in [0, 0.1) is 6.92 Å². The van der Waals surface area contributed by atoms with Gasteiger partial charge in [-0.3, -0.25) is 9.36 Å². The zero-order valence-corrected chi connectivity index (χ0v) is 16.5. The van der Waals surface area contributed by atoms with E-state index in [1.807, 2.05) is 60.8 Å². The van der Waals surface area contributed by atoms with Crippen LogP contribution in [0.15, 0.2) is 63.9 Å². The topological polar surface area (TPSA) is 57.0 Å². The number of thioether (sulfide) groups is 1. The summed E-state index contributed by atoms with van der Waals surface area (Å²) in [5.41, 5.74) is 2.37. The van der Waals surface area contributed by atoms with Gasteiger partial charge in [-0.25, -0.2) is 9.97 Å².